The summed E-state index contributed by atoms with van der Waals surface area (Å²) < 4.78 is 11.5. The number of hydrogen-bond donors (Lipinski definition) is 2. The molecule has 1 aromatic heterocycles. The molecule has 2 N–H and O–H groups in total. The van der Waals surface area contributed by atoms with Crippen LogP contribution < -0.4 is 14.8 Å². The van der Waals surface area contributed by atoms with Crippen molar-refractivity contribution < 1.29 is 14.3 Å². The van der Waals surface area contributed by atoms with Gasteiger partial charge in [-0.2, -0.15) is 0 Å². The zero-order chi connectivity index (χ0) is 20.2. The molecule has 1 aliphatic rings. The van der Waals surface area contributed by atoms with Gasteiger partial charge in [-0.05, 0) is 41.7 Å². The average molecular weight is 392 g/mol. The molecule has 3 aromatic rings. The zero-order valence-corrected chi connectivity index (χ0v) is 17.0. The minimum Gasteiger partial charge on any atom is -0.490 e. The van der Waals surface area contributed by atoms with Crippen molar-refractivity contribution in [2.45, 2.75) is 39.2 Å². The topological polar surface area (TPSA) is 63.4 Å². The Labute approximate surface area is 171 Å². The van der Waals surface area contributed by atoms with Crippen LogP contribution in [0.1, 0.15) is 43.9 Å². The number of para-hydroxylation sites is 1. The number of nitrogens with one attached hydrogen (secondary N) is 2. The Balaban J connectivity index is 1.44. The molecule has 0 aliphatic carbocycles. The summed E-state index contributed by atoms with van der Waals surface area (Å²) in [6, 6.07) is 14.1. The normalized spacial score (nSPS) is 14.6. The van der Waals surface area contributed by atoms with Crippen molar-refractivity contribution in [2.24, 2.45) is 5.92 Å². The molecule has 0 fully saturated rings. The first kappa shape index (κ1) is 19.4. The number of carbonyl (C=O) groups excluding carboxylic acids is 1. The molecular formula is C24H28N2O3. The van der Waals surface area contributed by atoms with E-state index in [1.165, 1.54) is 10.9 Å². The molecule has 0 spiro atoms. The number of aromatic nitrogens is 1. The van der Waals surface area contributed by atoms with E-state index in [9.17, 15) is 4.79 Å². The second-order valence-electron chi connectivity index (χ2n) is 7.91. The summed E-state index contributed by atoms with van der Waals surface area (Å²) in [5.74, 6) is 1.86. The number of hydrogen-bond acceptors (Lipinski definition) is 3. The maximum absolute atomic E-state index is 12.7. The largest absolute Gasteiger partial charge is 0.490 e. The van der Waals surface area contributed by atoms with Crippen molar-refractivity contribution in [1.29, 1.82) is 0 Å². The van der Waals surface area contributed by atoms with Gasteiger partial charge in [0, 0.05) is 29.9 Å². The summed E-state index contributed by atoms with van der Waals surface area (Å²) in [6.07, 6.45) is 4.04. The summed E-state index contributed by atoms with van der Waals surface area (Å²) in [7, 11) is 0. The van der Waals surface area contributed by atoms with Crippen molar-refractivity contribution in [1.82, 2.24) is 10.3 Å². The Morgan fingerprint density at radius 1 is 1.10 bits per heavy atom. The van der Waals surface area contributed by atoms with Crippen LogP contribution >= 0.6 is 0 Å². The van der Waals surface area contributed by atoms with Crippen molar-refractivity contribution in [3.63, 3.8) is 0 Å². The Kier molecular flexibility index (Phi) is 5.74. The third-order valence-electron chi connectivity index (χ3n) is 5.41. The summed E-state index contributed by atoms with van der Waals surface area (Å²) in [6.45, 7) is 5.56. The molecule has 2 heterocycles. The Bertz CT molecular complexity index is 993. The van der Waals surface area contributed by atoms with Gasteiger partial charge in [-0.1, -0.05) is 38.1 Å². The maximum Gasteiger partial charge on any atom is 0.220 e. The molecule has 5 heteroatoms. The minimum atomic E-state index is -0.0670. The average Bonchev–Trinajstić information content (AvgIpc) is 2.99. The Morgan fingerprint density at radius 2 is 1.90 bits per heavy atom. The van der Waals surface area contributed by atoms with E-state index in [0.717, 1.165) is 29.0 Å². The number of ether oxygens (including phenoxy) is 2. The molecule has 152 valence electrons. The van der Waals surface area contributed by atoms with Crippen LogP contribution in [0.25, 0.3) is 10.9 Å². The molecule has 5 nitrogen and oxygen atoms in total. The molecule has 1 amide bonds. The van der Waals surface area contributed by atoms with Crippen molar-refractivity contribution in [2.75, 3.05) is 13.2 Å². The third-order valence-corrected chi connectivity index (χ3v) is 5.41. The van der Waals surface area contributed by atoms with Gasteiger partial charge in [0.2, 0.25) is 5.91 Å². The molecule has 29 heavy (non-hydrogen) atoms. The fraction of sp³-hybridized carbons (Fsp3) is 0.375. The quantitative estimate of drug-likeness (QED) is 0.635. The highest BCUT2D eigenvalue weighted by atomic mass is 16.5. The second kappa shape index (κ2) is 8.60. The molecule has 1 aliphatic heterocycles. The van der Waals surface area contributed by atoms with E-state index < -0.39 is 0 Å². The summed E-state index contributed by atoms with van der Waals surface area (Å²) >= 11 is 0. The van der Waals surface area contributed by atoms with E-state index >= 15 is 0 Å². The molecule has 2 aromatic carbocycles. The zero-order valence-electron chi connectivity index (χ0n) is 17.0. The fourth-order valence-electron chi connectivity index (χ4n) is 3.84. The van der Waals surface area contributed by atoms with Gasteiger partial charge in [-0.15, -0.1) is 0 Å². The molecule has 0 bridgehead atoms. The lowest BCUT2D eigenvalue weighted by Crippen LogP contribution is -2.31. The summed E-state index contributed by atoms with van der Waals surface area (Å²) in [5.41, 5.74) is 3.33. The first-order valence-electron chi connectivity index (χ1n) is 10.4. The van der Waals surface area contributed by atoms with Crippen molar-refractivity contribution in [3.05, 3.63) is 59.8 Å². The Morgan fingerprint density at radius 3 is 2.72 bits per heavy atom. The molecule has 4 rings (SSSR count). The first-order valence-corrected chi connectivity index (χ1v) is 10.4. The van der Waals surface area contributed by atoms with Crippen LogP contribution in [0.2, 0.25) is 0 Å². The van der Waals surface area contributed by atoms with Crippen LogP contribution in [0.4, 0.5) is 0 Å². The molecule has 0 radical (unpaired) electrons. The monoisotopic (exact) mass is 392 g/mol. The van der Waals surface area contributed by atoms with E-state index in [1.54, 1.807) is 0 Å². The van der Waals surface area contributed by atoms with Gasteiger partial charge >= 0.3 is 0 Å². The maximum atomic E-state index is 12.7. The number of fused-ring (bicyclic) bond motifs is 2. The van der Waals surface area contributed by atoms with Gasteiger partial charge in [0.05, 0.1) is 19.3 Å². The molecule has 0 saturated carbocycles. The van der Waals surface area contributed by atoms with E-state index in [1.807, 2.05) is 36.5 Å². The van der Waals surface area contributed by atoms with Crippen LogP contribution in [-0.2, 0) is 11.2 Å². The number of rotatable bonds is 6. The van der Waals surface area contributed by atoms with Gasteiger partial charge in [-0.25, -0.2) is 0 Å². The predicted octanol–water partition coefficient (Wildman–Crippen LogP) is 4.78. The predicted molar refractivity (Wildman–Crippen MR) is 114 cm³/mol. The minimum absolute atomic E-state index is 0.0566. The summed E-state index contributed by atoms with van der Waals surface area (Å²) in [5, 5.41) is 4.40. The van der Waals surface area contributed by atoms with Gasteiger partial charge in [0.15, 0.2) is 11.5 Å². The molecular weight excluding hydrogens is 364 g/mol. The third kappa shape index (κ3) is 4.39. The first-order chi connectivity index (χ1) is 14.1. The van der Waals surface area contributed by atoms with Crippen LogP contribution in [0.15, 0.2) is 48.7 Å². The van der Waals surface area contributed by atoms with Crippen LogP contribution in [0.5, 0.6) is 11.5 Å². The lowest BCUT2D eigenvalue weighted by atomic mass is 9.95. The number of aromatic amines is 1. The standard InChI is InChI=1S/C24H28N2O3/c1-16(2)24(17-8-10-21-22(14-17)29-13-5-12-28-21)26-23(27)11-9-18-15-25-20-7-4-3-6-19(18)20/h3-4,6-8,10,14-16,24-25H,5,9,11-13H2,1-2H3,(H,26,27)/t24-/m1/s1. The molecule has 0 saturated heterocycles. The van der Waals surface area contributed by atoms with Gasteiger partial charge in [-0.3, -0.25) is 4.79 Å². The van der Waals surface area contributed by atoms with Crippen LogP contribution in [-0.4, -0.2) is 24.1 Å². The summed E-state index contributed by atoms with van der Waals surface area (Å²) in [4.78, 5) is 16.0. The van der Waals surface area contributed by atoms with Crippen LogP contribution in [0, 0.1) is 5.92 Å². The van der Waals surface area contributed by atoms with Crippen molar-refractivity contribution >= 4 is 16.8 Å². The fourth-order valence-corrected chi connectivity index (χ4v) is 3.84. The molecule has 1 atom stereocenters. The number of aryl methyl sites for hydroxylation is 1. The van der Waals surface area contributed by atoms with Gasteiger partial charge in [0.1, 0.15) is 0 Å². The second-order valence-corrected chi connectivity index (χ2v) is 7.91. The van der Waals surface area contributed by atoms with Gasteiger partial charge in [0.25, 0.3) is 0 Å². The number of amides is 1. The highest BCUT2D eigenvalue weighted by molar-refractivity contribution is 5.84. The van der Waals surface area contributed by atoms with Crippen LogP contribution in [0.3, 0.4) is 0 Å². The molecule has 0 unspecified atom stereocenters. The van der Waals surface area contributed by atoms with E-state index in [4.69, 9.17) is 9.47 Å². The highest BCUT2D eigenvalue weighted by Crippen LogP contribution is 2.34. The van der Waals surface area contributed by atoms with Crippen molar-refractivity contribution in [3.8, 4) is 11.5 Å². The number of carbonyl (C=O) groups is 1. The van der Waals surface area contributed by atoms with E-state index in [-0.39, 0.29) is 17.9 Å². The SMILES string of the molecule is CC(C)[C@@H](NC(=O)CCc1c[nH]c2ccccc12)c1ccc2c(c1)OCCCO2. The smallest absolute Gasteiger partial charge is 0.220 e. The lowest BCUT2D eigenvalue weighted by Gasteiger charge is -2.24. The lowest BCUT2D eigenvalue weighted by molar-refractivity contribution is -0.122. The Hall–Kier alpha value is -2.95. The van der Waals surface area contributed by atoms with E-state index in [0.29, 0.717) is 26.1 Å². The van der Waals surface area contributed by atoms with Gasteiger partial charge < -0.3 is 19.8 Å². The number of H-pyrrole nitrogens is 1. The highest BCUT2D eigenvalue weighted by Gasteiger charge is 2.21. The van der Waals surface area contributed by atoms with E-state index in [2.05, 4.69) is 36.3 Å². The number of benzene rings is 2.